The maximum atomic E-state index is 16.4. The lowest BCUT2D eigenvalue weighted by Gasteiger charge is -2.36. The lowest BCUT2D eigenvalue weighted by atomic mass is 9.81. The normalized spacial score (nSPS) is 13.7. The van der Waals surface area contributed by atoms with Gasteiger partial charge in [0.25, 0.3) is 0 Å². The summed E-state index contributed by atoms with van der Waals surface area (Å²) in [7, 11) is 0. The van der Waals surface area contributed by atoms with Crippen molar-refractivity contribution in [3.05, 3.63) is 69.5 Å². The summed E-state index contributed by atoms with van der Waals surface area (Å²) in [4.78, 5) is 13.2. The number of allylic oxidation sites excluding steroid dienone is 2. The fraction of sp³-hybridized carbons (Fsp3) is 0.469. The molecule has 0 spiro atoms. The van der Waals surface area contributed by atoms with Gasteiger partial charge >= 0.3 is 0 Å². The molecule has 0 aromatic heterocycles. The van der Waals surface area contributed by atoms with Crippen LogP contribution < -0.4 is 5.32 Å². The molecule has 2 rings (SSSR count). The number of benzene rings is 2. The number of nitrogens with one attached hydrogen (secondary N) is 1. The molecule has 2 aromatic carbocycles. The standard InChI is InChI=1S/C32H42Cl2FNO2/c1-8-12-24-25(19-28(34)29(30(24)35)26-18-23(38)13-14-27(26)33)31(22(10-3)11-4)36-32(16-9-2,21(7)37)17-15-20(5)6/h10,13-14,18-20,36,38H,3,8-9,11-12,15-17H2,1-2,4-7H3/b31-22-. The number of rotatable bonds is 14. The Morgan fingerprint density at radius 3 is 2.34 bits per heavy atom. The predicted octanol–water partition coefficient (Wildman–Crippen LogP) is 9.92. The molecule has 0 saturated carbocycles. The topological polar surface area (TPSA) is 49.3 Å². The van der Waals surface area contributed by atoms with Crippen LogP contribution in [0.15, 0.2) is 42.5 Å². The van der Waals surface area contributed by atoms with Crippen LogP contribution in [0.4, 0.5) is 4.39 Å². The van der Waals surface area contributed by atoms with E-state index in [1.807, 2.05) is 13.8 Å². The number of phenols is 1. The summed E-state index contributed by atoms with van der Waals surface area (Å²) in [5, 5.41) is 14.2. The average Bonchev–Trinajstić information content (AvgIpc) is 2.86. The SMILES string of the molecule is C=C/C(CC)=C(/NC(CCC)(CCC(C)C)C(C)=O)c1cc(Cl)c(-c2cc(O)ccc2Cl)c(F)c1CCC. The van der Waals surface area contributed by atoms with Crippen LogP contribution >= 0.6 is 23.2 Å². The largest absolute Gasteiger partial charge is 0.508 e. The Bertz CT molecular complexity index is 1190. The number of carbonyl (C=O) groups is 1. The molecule has 38 heavy (non-hydrogen) atoms. The molecule has 0 aliphatic heterocycles. The van der Waals surface area contributed by atoms with Crippen molar-refractivity contribution in [1.82, 2.24) is 5.32 Å². The smallest absolute Gasteiger partial charge is 0.155 e. The first-order valence-electron chi connectivity index (χ1n) is 13.6. The van der Waals surface area contributed by atoms with E-state index in [0.29, 0.717) is 65.4 Å². The van der Waals surface area contributed by atoms with Crippen molar-refractivity contribution in [1.29, 1.82) is 0 Å². The third-order valence-electron chi connectivity index (χ3n) is 7.12. The number of hydrogen-bond acceptors (Lipinski definition) is 3. The summed E-state index contributed by atoms with van der Waals surface area (Å²) >= 11 is 13.2. The number of aromatic hydroxyl groups is 1. The minimum atomic E-state index is -0.794. The number of carbonyl (C=O) groups excluding carboxylic acids is 1. The summed E-state index contributed by atoms with van der Waals surface area (Å²) in [6.07, 6.45) is 6.57. The van der Waals surface area contributed by atoms with Gasteiger partial charge in [0.1, 0.15) is 11.6 Å². The molecule has 6 heteroatoms. The highest BCUT2D eigenvalue weighted by molar-refractivity contribution is 6.36. The van der Waals surface area contributed by atoms with E-state index in [9.17, 15) is 9.90 Å². The van der Waals surface area contributed by atoms with Gasteiger partial charge in [-0.15, -0.1) is 0 Å². The zero-order valence-electron chi connectivity index (χ0n) is 23.6. The molecule has 0 aliphatic carbocycles. The molecular weight excluding hydrogens is 520 g/mol. The molecule has 0 aliphatic rings. The monoisotopic (exact) mass is 561 g/mol. The van der Waals surface area contributed by atoms with Gasteiger partial charge in [-0.3, -0.25) is 4.79 Å². The Morgan fingerprint density at radius 1 is 1.13 bits per heavy atom. The van der Waals surface area contributed by atoms with E-state index in [2.05, 4.69) is 32.7 Å². The minimum absolute atomic E-state index is 0.0286. The summed E-state index contributed by atoms with van der Waals surface area (Å²) in [6, 6.07) is 6.15. The fourth-order valence-corrected chi connectivity index (χ4v) is 5.47. The van der Waals surface area contributed by atoms with Gasteiger partial charge in [0, 0.05) is 27.4 Å². The van der Waals surface area contributed by atoms with Crippen molar-refractivity contribution in [2.24, 2.45) is 5.92 Å². The van der Waals surface area contributed by atoms with Crippen molar-refractivity contribution in [2.45, 2.75) is 92.0 Å². The molecular formula is C32H42Cl2FNO2. The highest BCUT2D eigenvalue weighted by Gasteiger charge is 2.36. The number of Topliss-reactive ketones (excluding diaryl/α,β-unsaturated/α-hetero) is 1. The van der Waals surface area contributed by atoms with Crippen LogP contribution in [0.1, 0.15) is 91.2 Å². The second-order valence-electron chi connectivity index (χ2n) is 10.4. The van der Waals surface area contributed by atoms with Crippen LogP contribution in [0.2, 0.25) is 10.0 Å². The summed E-state index contributed by atoms with van der Waals surface area (Å²) in [6.45, 7) is 16.0. The highest BCUT2D eigenvalue weighted by atomic mass is 35.5. The van der Waals surface area contributed by atoms with E-state index in [-0.39, 0.29) is 22.1 Å². The molecule has 1 unspecified atom stereocenters. The second kappa shape index (κ2) is 14.2. The van der Waals surface area contributed by atoms with Crippen LogP contribution in [0, 0.1) is 11.7 Å². The van der Waals surface area contributed by atoms with Crippen LogP contribution in [0.3, 0.4) is 0 Å². The number of phenolic OH excluding ortho intramolecular Hbond substituents is 1. The summed E-state index contributed by atoms with van der Waals surface area (Å²) in [5.74, 6) is -0.0200. The Kier molecular flexibility index (Phi) is 11.9. The maximum absolute atomic E-state index is 16.4. The van der Waals surface area contributed by atoms with Crippen molar-refractivity contribution in [3.8, 4) is 16.9 Å². The average molecular weight is 563 g/mol. The lowest BCUT2D eigenvalue weighted by Crippen LogP contribution is -2.50. The van der Waals surface area contributed by atoms with Crippen molar-refractivity contribution in [2.75, 3.05) is 0 Å². The molecule has 0 fully saturated rings. The van der Waals surface area contributed by atoms with Gasteiger partial charge in [0.15, 0.2) is 5.78 Å². The number of ketones is 1. The first-order chi connectivity index (χ1) is 18.0. The van der Waals surface area contributed by atoms with Gasteiger partial charge in [-0.05, 0) is 80.3 Å². The van der Waals surface area contributed by atoms with Gasteiger partial charge in [-0.25, -0.2) is 4.39 Å². The Morgan fingerprint density at radius 2 is 1.82 bits per heavy atom. The quantitative estimate of drug-likeness (QED) is 0.225. The van der Waals surface area contributed by atoms with E-state index in [1.165, 1.54) is 18.2 Å². The van der Waals surface area contributed by atoms with Gasteiger partial charge in [0.05, 0.1) is 10.6 Å². The molecule has 0 bridgehead atoms. The van der Waals surface area contributed by atoms with E-state index in [4.69, 9.17) is 23.2 Å². The van der Waals surface area contributed by atoms with Gasteiger partial charge < -0.3 is 10.4 Å². The first-order valence-corrected chi connectivity index (χ1v) is 14.4. The van der Waals surface area contributed by atoms with E-state index < -0.39 is 11.4 Å². The van der Waals surface area contributed by atoms with Crippen molar-refractivity contribution < 1.29 is 14.3 Å². The van der Waals surface area contributed by atoms with Gasteiger partial charge in [-0.2, -0.15) is 0 Å². The van der Waals surface area contributed by atoms with Crippen molar-refractivity contribution in [3.63, 3.8) is 0 Å². The molecule has 208 valence electrons. The molecule has 0 radical (unpaired) electrons. The minimum Gasteiger partial charge on any atom is -0.508 e. The van der Waals surface area contributed by atoms with Gasteiger partial charge in [-0.1, -0.05) is 83.3 Å². The molecule has 2 aromatic rings. The highest BCUT2D eigenvalue weighted by Crippen LogP contribution is 2.42. The third kappa shape index (κ3) is 7.21. The first kappa shape index (κ1) is 31.9. The molecule has 0 amide bonds. The van der Waals surface area contributed by atoms with E-state index in [1.54, 1.807) is 19.1 Å². The zero-order chi connectivity index (χ0) is 28.6. The maximum Gasteiger partial charge on any atom is 0.155 e. The lowest BCUT2D eigenvalue weighted by molar-refractivity contribution is -0.123. The Labute approximate surface area is 238 Å². The van der Waals surface area contributed by atoms with E-state index in [0.717, 1.165) is 18.4 Å². The third-order valence-corrected chi connectivity index (χ3v) is 7.75. The molecule has 1 atom stereocenters. The van der Waals surface area contributed by atoms with Gasteiger partial charge in [0.2, 0.25) is 0 Å². The van der Waals surface area contributed by atoms with Crippen molar-refractivity contribution >= 4 is 34.7 Å². The Hall–Kier alpha value is -2.30. The summed E-state index contributed by atoms with van der Waals surface area (Å²) < 4.78 is 16.4. The number of hydrogen-bond donors (Lipinski definition) is 2. The molecule has 0 heterocycles. The molecule has 2 N–H and O–H groups in total. The predicted molar refractivity (Wildman–Crippen MR) is 160 cm³/mol. The summed E-state index contributed by atoms with van der Waals surface area (Å²) in [5.41, 5.74) is 2.37. The van der Waals surface area contributed by atoms with E-state index >= 15 is 4.39 Å². The number of halogens is 3. The molecule has 0 saturated heterocycles. The molecule has 3 nitrogen and oxygen atoms in total. The van der Waals surface area contributed by atoms with Crippen LogP contribution in [0.5, 0.6) is 5.75 Å². The Balaban J connectivity index is 2.90. The second-order valence-corrected chi connectivity index (χ2v) is 11.2. The van der Waals surface area contributed by atoms with Crippen LogP contribution in [0.25, 0.3) is 16.8 Å². The zero-order valence-corrected chi connectivity index (χ0v) is 25.1. The fourth-order valence-electron chi connectivity index (χ4n) is 4.96. The van der Waals surface area contributed by atoms with Crippen LogP contribution in [-0.4, -0.2) is 16.4 Å². The van der Waals surface area contributed by atoms with Crippen LogP contribution in [-0.2, 0) is 11.2 Å².